The minimum absolute atomic E-state index is 0.0100. The van der Waals surface area contributed by atoms with Crippen LogP contribution in [0, 0.1) is 5.82 Å². The second kappa shape index (κ2) is 8.41. The second-order valence-corrected chi connectivity index (χ2v) is 7.96. The van der Waals surface area contributed by atoms with Crippen molar-refractivity contribution in [2.75, 3.05) is 35.6 Å². The van der Waals surface area contributed by atoms with Crippen molar-refractivity contribution in [3.05, 3.63) is 41.4 Å². The fourth-order valence-electron chi connectivity index (χ4n) is 4.17. The molecule has 0 aliphatic carbocycles. The van der Waals surface area contributed by atoms with Crippen molar-refractivity contribution in [1.82, 2.24) is 14.9 Å². The van der Waals surface area contributed by atoms with Crippen LogP contribution in [0.15, 0.2) is 30.6 Å². The minimum atomic E-state index is -0.598. The van der Waals surface area contributed by atoms with Crippen LogP contribution >= 0.6 is 11.6 Å². The molecule has 0 spiro atoms. The van der Waals surface area contributed by atoms with Crippen molar-refractivity contribution in [3.63, 3.8) is 0 Å². The molecule has 4 rings (SSSR count). The molecular weight excluding hydrogens is 395 g/mol. The molecule has 0 bridgehead atoms. The molecule has 2 aliphatic rings. The van der Waals surface area contributed by atoms with E-state index >= 15 is 0 Å². The summed E-state index contributed by atoms with van der Waals surface area (Å²) in [5.74, 6) is -0.471. The van der Waals surface area contributed by atoms with Crippen molar-refractivity contribution in [2.24, 2.45) is 0 Å². The van der Waals surface area contributed by atoms with Gasteiger partial charge >= 0.3 is 0 Å². The maximum Gasteiger partial charge on any atom is 0.245 e. The van der Waals surface area contributed by atoms with Crippen LogP contribution < -0.4 is 16.0 Å². The van der Waals surface area contributed by atoms with Crippen LogP contribution in [0.5, 0.6) is 0 Å². The van der Waals surface area contributed by atoms with Crippen LogP contribution in [0.2, 0.25) is 5.02 Å². The van der Waals surface area contributed by atoms with Crippen LogP contribution in [-0.2, 0) is 4.79 Å². The Labute approximate surface area is 174 Å². The Morgan fingerprint density at radius 1 is 1.21 bits per heavy atom. The molecule has 154 valence electrons. The SMILES string of the molecule is Nc1ncnc(N2CCC[C@@H](N3CCCC(Nc4cccc(Cl)c4)C3=O)C2)c1F. The Morgan fingerprint density at radius 3 is 2.86 bits per heavy atom. The fourth-order valence-corrected chi connectivity index (χ4v) is 4.36. The van der Waals surface area contributed by atoms with Gasteiger partial charge in [0.1, 0.15) is 12.4 Å². The first-order chi connectivity index (χ1) is 14.0. The van der Waals surface area contributed by atoms with Gasteiger partial charge < -0.3 is 20.9 Å². The minimum Gasteiger partial charge on any atom is -0.381 e. The summed E-state index contributed by atoms with van der Waals surface area (Å²) < 4.78 is 14.4. The summed E-state index contributed by atoms with van der Waals surface area (Å²) in [4.78, 5) is 24.7. The molecule has 1 unspecified atom stereocenters. The summed E-state index contributed by atoms with van der Waals surface area (Å²) in [6, 6.07) is 7.11. The molecule has 0 saturated carbocycles. The van der Waals surface area contributed by atoms with Crippen LogP contribution in [0.25, 0.3) is 0 Å². The zero-order valence-electron chi connectivity index (χ0n) is 16.0. The van der Waals surface area contributed by atoms with Gasteiger partial charge in [-0.15, -0.1) is 0 Å². The first kappa shape index (κ1) is 19.7. The average molecular weight is 419 g/mol. The van der Waals surface area contributed by atoms with Gasteiger partial charge in [-0.05, 0) is 43.9 Å². The molecule has 3 N–H and O–H groups in total. The second-order valence-electron chi connectivity index (χ2n) is 7.52. The lowest BCUT2D eigenvalue weighted by Gasteiger charge is -2.43. The number of carbonyl (C=O) groups is 1. The number of likely N-dealkylation sites (tertiary alicyclic amines) is 1. The molecule has 1 aromatic carbocycles. The van der Waals surface area contributed by atoms with Gasteiger partial charge in [0.25, 0.3) is 0 Å². The fraction of sp³-hybridized carbons (Fsp3) is 0.450. The van der Waals surface area contributed by atoms with Crippen LogP contribution in [0.4, 0.5) is 21.7 Å². The third-order valence-electron chi connectivity index (χ3n) is 5.57. The number of carbonyl (C=O) groups excluding carboxylic acids is 1. The molecule has 2 atom stereocenters. The summed E-state index contributed by atoms with van der Waals surface area (Å²) in [5.41, 5.74) is 6.43. The van der Waals surface area contributed by atoms with E-state index < -0.39 is 5.82 Å². The maximum absolute atomic E-state index is 14.4. The van der Waals surface area contributed by atoms with Crippen molar-refractivity contribution in [2.45, 2.75) is 37.8 Å². The van der Waals surface area contributed by atoms with E-state index in [1.807, 2.05) is 28.0 Å². The summed E-state index contributed by atoms with van der Waals surface area (Å²) in [6.07, 6.45) is 4.69. The molecule has 1 amide bonds. The lowest BCUT2D eigenvalue weighted by molar-refractivity contribution is -0.137. The average Bonchev–Trinajstić information content (AvgIpc) is 2.72. The summed E-state index contributed by atoms with van der Waals surface area (Å²) in [7, 11) is 0. The highest BCUT2D eigenvalue weighted by Gasteiger charge is 2.36. The number of anilines is 3. The number of nitrogens with one attached hydrogen (secondary N) is 1. The zero-order valence-corrected chi connectivity index (χ0v) is 16.8. The molecule has 9 heteroatoms. The molecule has 7 nitrogen and oxygen atoms in total. The number of rotatable bonds is 4. The standard InChI is InChI=1S/C20H24ClFN6O/c21-13-4-1-5-14(10-13)26-16-7-3-9-28(20(16)29)15-6-2-8-27(11-15)19-17(22)18(23)24-12-25-19/h1,4-5,10,12,15-16,26H,2-3,6-9,11H2,(H2,23,24,25)/t15-,16?/m1/s1. The highest BCUT2D eigenvalue weighted by molar-refractivity contribution is 6.30. The number of piperidine rings is 2. The van der Waals surface area contributed by atoms with Gasteiger partial charge in [-0.25, -0.2) is 9.97 Å². The lowest BCUT2D eigenvalue weighted by atomic mass is 9.97. The first-order valence-electron chi connectivity index (χ1n) is 9.86. The number of nitrogen functional groups attached to an aromatic ring is 1. The summed E-state index contributed by atoms with van der Waals surface area (Å²) in [5, 5.41) is 3.94. The quantitative estimate of drug-likeness (QED) is 0.793. The van der Waals surface area contributed by atoms with Crippen molar-refractivity contribution in [3.8, 4) is 0 Å². The van der Waals surface area contributed by atoms with Gasteiger partial charge in [0.2, 0.25) is 11.7 Å². The highest BCUT2D eigenvalue weighted by atomic mass is 35.5. The molecule has 0 radical (unpaired) electrons. The Morgan fingerprint density at radius 2 is 2.03 bits per heavy atom. The van der Waals surface area contributed by atoms with Gasteiger partial charge in [0.15, 0.2) is 11.6 Å². The van der Waals surface area contributed by atoms with E-state index in [1.165, 1.54) is 6.33 Å². The highest BCUT2D eigenvalue weighted by Crippen LogP contribution is 2.28. The van der Waals surface area contributed by atoms with Gasteiger partial charge in [-0.1, -0.05) is 17.7 Å². The normalized spacial score (nSPS) is 22.6. The first-order valence-corrected chi connectivity index (χ1v) is 10.2. The number of aromatic nitrogens is 2. The molecular formula is C20H24ClFN6O. The zero-order chi connectivity index (χ0) is 20.4. The monoisotopic (exact) mass is 418 g/mol. The molecule has 2 fully saturated rings. The third-order valence-corrected chi connectivity index (χ3v) is 5.81. The Bertz CT molecular complexity index is 897. The number of halogens is 2. The number of nitrogens with zero attached hydrogens (tertiary/aromatic N) is 4. The van der Waals surface area contributed by atoms with E-state index in [1.54, 1.807) is 6.07 Å². The summed E-state index contributed by atoms with van der Waals surface area (Å²) in [6.45, 7) is 1.92. The van der Waals surface area contributed by atoms with Gasteiger partial charge in [0, 0.05) is 36.4 Å². The Kier molecular flexibility index (Phi) is 5.71. The van der Waals surface area contributed by atoms with Gasteiger partial charge in [0.05, 0.1) is 0 Å². The van der Waals surface area contributed by atoms with E-state index in [0.29, 0.717) is 24.7 Å². The number of hydrogen-bond acceptors (Lipinski definition) is 6. The van der Waals surface area contributed by atoms with Crippen molar-refractivity contribution < 1.29 is 9.18 Å². The van der Waals surface area contributed by atoms with Crippen molar-refractivity contribution in [1.29, 1.82) is 0 Å². The van der Waals surface area contributed by atoms with E-state index in [0.717, 1.165) is 31.4 Å². The van der Waals surface area contributed by atoms with Crippen LogP contribution in [0.1, 0.15) is 25.7 Å². The van der Waals surface area contributed by atoms with Gasteiger partial charge in [-0.3, -0.25) is 4.79 Å². The Balaban J connectivity index is 1.47. The van der Waals surface area contributed by atoms with Crippen LogP contribution in [0.3, 0.4) is 0 Å². The van der Waals surface area contributed by atoms with Gasteiger partial charge in [-0.2, -0.15) is 4.39 Å². The third kappa shape index (κ3) is 4.22. The maximum atomic E-state index is 14.4. The van der Waals surface area contributed by atoms with E-state index in [4.69, 9.17) is 17.3 Å². The lowest BCUT2D eigenvalue weighted by Crippen LogP contribution is -2.56. The predicted molar refractivity (Wildman–Crippen MR) is 111 cm³/mol. The summed E-state index contributed by atoms with van der Waals surface area (Å²) >= 11 is 6.06. The van der Waals surface area contributed by atoms with E-state index in [2.05, 4.69) is 15.3 Å². The molecule has 1 aromatic heterocycles. The van der Waals surface area contributed by atoms with E-state index in [9.17, 15) is 9.18 Å². The molecule has 2 aromatic rings. The largest absolute Gasteiger partial charge is 0.381 e. The number of hydrogen-bond donors (Lipinski definition) is 2. The smallest absolute Gasteiger partial charge is 0.245 e. The molecule has 2 aliphatic heterocycles. The predicted octanol–water partition coefficient (Wildman–Crippen LogP) is 2.92. The van der Waals surface area contributed by atoms with E-state index in [-0.39, 0.29) is 29.6 Å². The molecule has 29 heavy (non-hydrogen) atoms. The number of benzene rings is 1. The van der Waals surface area contributed by atoms with Crippen molar-refractivity contribution >= 4 is 34.8 Å². The number of nitrogens with two attached hydrogens (primary N) is 1. The number of amides is 1. The molecule has 3 heterocycles. The van der Waals surface area contributed by atoms with Crippen LogP contribution in [-0.4, -0.2) is 52.5 Å². The Hall–Kier alpha value is -2.61. The topological polar surface area (TPSA) is 87.4 Å². The molecule has 2 saturated heterocycles.